The third-order valence-electron chi connectivity index (χ3n) is 3.14. The minimum absolute atomic E-state index is 0.0831. The Morgan fingerprint density at radius 1 is 1.42 bits per heavy atom. The van der Waals surface area contributed by atoms with E-state index in [-0.39, 0.29) is 17.5 Å². The fraction of sp³-hybridized carbons (Fsp3) is 0.615. The second kappa shape index (κ2) is 5.00. The van der Waals surface area contributed by atoms with Crippen molar-refractivity contribution in [3.05, 3.63) is 23.9 Å². The van der Waals surface area contributed by atoms with E-state index in [9.17, 15) is 13.2 Å². The SMILES string of the molecule is CC1(C)CC(Nc2cc(C(F)(F)F)ccn2)CCO1. The zero-order valence-electron chi connectivity index (χ0n) is 10.9. The van der Waals surface area contributed by atoms with Gasteiger partial charge in [0.25, 0.3) is 0 Å². The monoisotopic (exact) mass is 274 g/mol. The maximum absolute atomic E-state index is 12.6. The Kier molecular flexibility index (Phi) is 3.71. The van der Waals surface area contributed by atoms with Crippen molar-refractivity contribution in [3.8, 4) is 0 Å². The Morgan fingerprint density at radius 2 is 2.16 bits per heavy atom. The van der Waals surface area contributed by atoms with Crippen LogP contribution in [0.5, 0.6) is 0 Å². The molecule has 1 aromatic rings. The third kappa shape index (κ3) is 3.83. The van der Waals surface area contributed by atoms with Crippen molar-refractivity contribution in [2.75, 3.05) is 11.9 Å². The molecule has 19 heavy (non-hydrogen) atoms. The maximum Gasteiger partial charge on any atom is 0.416 e. The summed E-state index contributed by atoms with van der Waals surface area (Å²) in [4.78, 5) is 3.94. The van der Waals surface area contributed by atoms with Crippen LogP contribution in [0.1, 0.15) is 32.3 Å². The van der Waals surface area contributed by atoms with Gasteiger partial charge in [0.15, 0.2) is 0 Å². The van der Waals surface area contributed by atoms with Crippen LogP contribution in [0.15, 0.2) is 18.3 Å². The molecule has 1 saturated heterocycles. The van der Waals surface area contributed by atoms with E-state index >= 15 is 0 Å². The molecular weight excluding hydrogens is 257 g/mol. The van der Waals surface area contributed by atoms with Crippen molar-refractivity contribution in [1.82, 2.24) is 4.98 Å². The Labute approximate surface area is 110 Å². The van der Waals surface area contributed by atoms with Crippen LogP contribution in [0, 0.1) is 0 Å². The predicted molar refractivity (Wildman–Crippen MR) is 65.9 cm³/mol. The first-order valence-corrected chi connectivity index (χ1v) is 6.20. The number of rotatable bonds is 2. The minimum Gasteiger partial charge on any atom is -0.375 e. The van der Waals surface area contributed by atoms with Crippen LogP contribution < -0.4 is 5.32 Å². The van der Waals surface area contributed by atoms with Gasteiger partial charge >= 0.3 is 6.18 Å². The molecule has 0 aliphatic carbocycles. The summed E-state index contributed by atoms with van der Waals surface area (Å²) < 4.78 is 43.4. The van der Waals surface area contributed by atoms with Crippen LogP contribution in [-0.4, -0.2) is 23.2 Å². The zero-order chi connectivity index (χ0) is 14.1. The van der Waals surface area contributed by atoms with Gasteiger partial charge < -0.3 is 10.1 Å². The van der Waals surface area contributed by atoms with E-state index in [0.717, 1.165) is 25.0 Å². The van der Waals surface area contributed by atoms with E-state index in [1.54, 1.807) is 0 Å². The van der Waals surface area contributed by atoms with Crippen molar-refractivity contribution in [1.29, 1.82) is 0 Å². The first-order chi connectivity index (χ1) is 8.76. The zero-order valence-corrected chi connectivity index (χ0v) is 10.9. The second-order valence-corrected chi connectivity index (χ2v) is 5.37. The molecule has 0 radical (unpaired) electrons. The molecule has 0 amide bonds. The number of aromatic nitrogens is 1. The van der Waals surface area contributed by atoms with Gasteiger partial charge in [-0.2, -0.15) is 13.2 Å². The molecule has 0 bridgehead atoms. The highest BCUT2D eigenvalue weighted by Crippen LogP contribution is 2.31. The molecule has 3 nitrogen and oxygen atoms in total. The quantitative estimate of drug-likeness (QED) is 0.896. The molecule has 1 fully saturated rings. The number of hydrogen-bond acceptors (Lipinski definition) is 3. The highest BCUT2D eigenvalue weighted by atomic mass is 19.4. The molecule has 1 atom stereocenters. The first-order valence-electron chi connectivity index (χ1n) is 6.20. The van der Waals surface area contributed by atoms with E-state index in [4.69, 9.17) is 4.74 Å². The van der Waals surface area contributed by atoms with Crippen LogP contribution in [0.2, 0.25) is 0 Å². The largest absolute Gasteiger partial charge is 0.416 e. The fourth-order valence-corrected chi connectivity index (χ4v) is 2.25. The Balaban J connectivity index is 2.07. The lowest BCUT2D eigenvalue weighted by atomic mass is 9.94. The summed E-state index contributed by atoms with van der Waals surface area (Å²) in [6.07, 6.45) is -1.66. The van der Waals surface area contributed by atoms with Crippen molar-refractivity contribution in [2.45, 2.75) is 44.5 Å². The van der Waals surface area contributed by atoms with Crippen molar-refractivity contribution in [3.63, 3.8) is 0 Å². The molecule has 1 unspecified atom stereocenters. The van der Waals surface area contributed by atoms with Crippen LogP contribution >= 0.6 is 0 Å². The first kappa shape index (κ1) is 14.1. The van der Waals surface area contributed by atoms with E-state index in [2.05, 4.69) is 10.3 Å². The molecule has 2 heterocycles. The summed E-state index contributed by atoms with van der Waals surface area (Å²) in [5.41, 5.74) is -0.936. The molecule has 1 N–H and O–H groups in total. The van der Waals surface area contributed by atoms with Crippen molar-refractivity contribution >= 4 is 5.82 Å². The number of nitrogens with one attached hydrogen (secondary N) is 1. The summed E-state index contributed by atoms with van der Waals surface area (Å²) in [6, 6.07) is 2.10. The summed E-state index contributed by atoms with van der Waals surface area (Å²) in [5.74, 6) is 0.262. The number of hydrogen-bond donors (Lipinski definition) is 1. The molecule has 1 aliphatic rings. The van der Waals surface area contributed by atoms with Crippen LogP contribution in [0.3, 0.4) is 0 Å². The van der Waals surface area contributed by atoms with Gasteiger partial charge in [-0.05, 0) is 38.8 Å². The van der Waals surface area contributed by atoms with Crippen LogP contribution in [0.25, 0.3) is 0 Å². The summed E-state index contributed by atoms with van der Waals surface area (Å²) in [6.45, 7) is 4.55. The Hall–Kier alpha value is -1.30. The minimum atomic E-state index is -4.34. The van der Waals surface area contributed by atoms with Crippen molar-refractivity contribution < 1.29 is 17.9 Å². The van der Waals surface area contributed by atoms with E-state index in [1.807, 2.05) is 13.8 Å². The van der Waals surface area contributed by atoms with Gasteiger partial charge in [0.05, 0.1) is 11.2 Å². The average molecular weight is 274 g/mol. The molecule has 106 valence electrons. The van der Waals surface area contributed by atoms with Crippen molar-refractivity contribution in [2.24, 2.45) is 0 Å². The topological polar surface area (TPSA) is 34.2 Å². The standard InChI is InChI=1S/C13H17F3N2O/c1-12(2)8-10(4-6-19-12)18-11-7-9(3-5-17-11)13(14,15)16/h3,5,7,10H,4,6,8H2,1-2H3,(H,17,18). The lowest BCUT2D eigenvalue weighted by Gasteiger charge is -2.36. The predicted octanol–water partition coefficient (Wildman–Crippen LogP) is 3.47. The number of nitrogens with zero attached hydrogens (tertiary/aromatic N) is 1. The summed E-state index contributed by atoms with van der Waals surface area (Å²) in [7, 11) is 0. The highest BCUT2D eigenvalue weighted by molar-refractivity contribution is 5.39. The number of pyridine rings is 1. The van der Waals surface area contributed by atoms with E-state index in [0.29, 0.717) is 6.61 Å². The second-order valence-electron chi connectivity index (χ2n) is 5.37. The number of halogens is 3. The molecule has 6 heteroatoms. The molecule has 1 aromatic heterocycles. The Morgan fingerprint density at radius 3 is 2.79 bits per heavy atom. The molecule has 0 saturated carbocycles. The number of anilines is 1. The Bertz CT molecular complexity index is 446. The van der Waals surface area contributed by atoms with Gasteiger partial charge in [0.1, 0.15) is 5.82 Å². The molecule has 0 spiro atoms. The maximum atomic E-state index is 12.6. The fourth-order valence-electron chi connectivity index (χ4n) is 2.25. The van der Waals surface area contributed by atoms with E-state index in [1.165, 1.54) is 6.20 Å². The van der Waals surface area contributed by atoms with Gasteiger partial charge in [-0.25, -0.2) is 4.98 Å². The summed E-state index contributed by atoms with van der Waals surface area (Å²) in [5, 5.41) is 3.06. The normalized spacial score (nSPS) is 23.1. The van der Waals surface area contributed by atoms with Gasteiger partial charge in [-0.15, -0.1) is 0 Å². The average Bonchev–Trinajstić information content (AvgIpc) is 2.26. The number of alkyl halides is 3. The van der Waals surface area contributed by atoms with E-state index < -0.39 is 11.7 Å². The lowest BCUT2D eigenvalue weighted by molar-refractivity contribution is -0.137. The molecular formula is C13H17F3N2O. The number of ether oxygens (including phenoxy) is 1. The van der Waals surface area contributed by atoms with Crippen LogP contribution in [-0.2, 0) is 10.9 Å². The van der Waals surface area contributed by atoms with Gasteiger partial charge in [-0.3, -0.25) is 0 Å². The smallest absolute Gasteiger partial charge is 0.375 e. The van der Waals surface area contributed by atoms with Gasteiger partial charge in [0, 0.05) is 18.8 Å². The lowest BCUT2D eigenvalue weighted by Crippen LogP contribution is -2.40. The van der Waals surface area contributed by atoms with Gasteiger partial charge in [-0.1, -0.05) is 0 Å². The highest BCUT2D eigenvalue weighted by Gasteiger charge is 2.32. The molecule has 2 rings (SSSR count). The molecule has 1 aliphatic heterocycles. The summed E-state index contributed by atoms with van der Waals surface area (Å²) >= 11 is 0. The van der Waals surface area contributed by atoms with Crippen LogP contribution in [0.4, 0.5) is 19.0 Å². The van der Waals surface area contributed by atoms with Gasteiger partial charge in [0.2, 0.25) is 0 Å². The third-order valence-corrected chi connectivity index (χ3v) is 3.14. The molecule has 0 aromatic carbocycles.